The van der Waals surface area contributed by atoms with Crippen molar-refractivity contribution in [3.05, 3.63) is 65.2 Å². The van der Waals surface area contributed by atoms with Gasteiger partial charge in [0.2, 0.25) is 21.8 Å². The third kappa shape index (κ3) is 9.13. The Kier molecular flexibility index (Phi) is 11.7. The van der Waals surface area contributed by atoms with E-state index < -0.39 is 16.1 Å². The minimum Gasteiger partial charge on any atom is -0.352 e. The molecule has 2 atom stereocenters. The van der Waals surface area contributed by atoms with E-state index in [1.165, 1.54) is 4.31 Å². The first kappa shape index (κ1) is 29.6. The SMILES string of the molecule is CC[C@H](C(=O)N[C@@H](C)CC)N(CCc1ccccc1)C(=O)CCCN(c1ccc(Cl)cc1)S(C)(=O)=O. The van der Waals surface area contributed by atoms with E-state index >= 15 is 0 Å². The minimum absolute atomic E-state index is 0.0142. The van der Waals surface area contributed by atoms with Gasteiger partial charge >= 0.3 is 0 Å². The summed E-state index contributed by atoms with van der Waals surface area (Å²) in [6, 6.07) is 15.8. The number of hydrogen-bond donors (Lipinski definition) is 1. The van der Waals surface area contributed by atoms with Gasteiger partial charge in [0.25, 0.3) is 0 Å². The lowest BCUT2D eigenvalue weighted by atomic mass is 10.1. The maximum atomic E-state index is 13.4. The molecular formula is C27H38ClN3O4S. The summed E-state index contributed by atoms with van der Waals surface area (Å²) in [4.78, 5) is 28.1. The van der Waals surface area contributed by atoms with E-state index in [4.69, 9.17) is 11.6 Å². The number of halogens is 1. The van der Waals surface area contributed by atoms with Gasteiger partial charge in [-0.2, -0.15) is 0 Å². The zero-order valence-electron chi connectivity index (χ0n) is 21.6. The first-order valence-electron chi connectivity index (χ1n) is 12.4. The molecule has 0 fully saturated rings. The summed E-state index contributed by atoms with van der Waals surface area (Å²) >= 11 is 5.94. The van der Waals surface area contributed by atoms with Crippen LogP contribution in [0.3, 0.4) is 0 Å². The fraction of sp³-hybridized carbons (Fsp3) is 0.481. The van der Waals surface area contributed by atoms with Crippen LogP contribution in [0.2, 0.25) is 5.02 Å². The molecule has 2 rings (SSSR count). The van der Waals surface area contributed by atoms with Crippen molar-refractivity contribution in [2.24, 2.45) is 0 Å². The zero-order valence-corrected chi connectivity index (χ0v) is 23.2. The Morgan fingerprint density at radius 2 is 1.61 bits per heavy atom. The Labute approximate surface area is 220 Å². The monoisotopic (exact) mass is 535 g/mol. The molecule has 0 aromatic heterocycles. The molecule has 1 N–H and O–H groups in total. The first-order valence-corrected chi connectivity index (χ1v) is 14.7. The molecule has 198 valence electrons. The summed E-state index contributed by atoms with van der Waals surface area (Å²) in [6.07, 6.45) is 3.50. The lowest BCUT2D eigenvalue weighted by molar-refractivity contribution is -0.141. The third-order valence-corrected chi connectivity index (χ3v) is 7.58. The van der Waals surface area contributed by atoms with Crippen LogP contribution < -0.4 is 9.62 Å². The fourth-order valence-electron chi connectivity index (χ4n) is 3.95. The Hall–Kier alpha value is -2.58. The predicted molar refractivity (Wildman–Crippen MR) is 147 cm³/mol. The van der Waals surface area contributed by atoms with Crippen LogP contribution in [0, 0.1) is 0 Å². The van der Waals surface area contributed by atoms with E-state index in [0.29, 0.717) is 36.5 Å². The minimum atomic E-state index is -3.54. The lowest BCUT2D eigenvalue weighted by Gasteiger charge is -2.32. The lowest BCUT2D eigenvalue weighted by Crippen LogP contribution is -2.51. The topological polar surface area (TPSA) is 86.8 Å². The number of anilines is 1. The molecule has 0 aliphatic carbocycles. The summed E-state index contributed by atoms with van der Waals surface area (Å²) in [5, 5.41) is 3.51. The standard InChI is InChI=1S/C27H38ClN3O4S/c1-5-21(3)29-27(33)25(6-2)30(20-18-22-11-8-7-9-12-22)26(32)13-10-19-31(36(4,34)35)24-16-14-23(28)15-17-24/h7-9,11-12,14-17,21,25H,5-6,10,13,18-20H2,1-4H3,(H,29,33)/t21-,25+/m0/s1. The Balaban J connectivity index is 2.15. The number of amides is 2. The van der Waals surface area contributed by atoms with Gasteiger partial charge in [0.1, 0.15) is 6.04 Å². The Bertz CT molecular complexity index is 1080. The highest BCUT2D eigenvalue weighted by Crippen LogP contribution is 2.21. The van der Waals surface area contributed by atoms with E-state index in [1.54, 1.807) is 29.2 Å². The molecule has 0 aliphatic heterocycles. The van der Waals surface area contributed by atoms with Crippen LogP contribution >= 0.6 is 11.6 Å². The number of nitrogens with one attached hydrogen (secondary N) is 1. The van der Waals surface area contributed by atoms with Crippen molar-refractivity contribution >= 4 is 39.1 Å². The third-order valence-electron chi connectivity index (χ3n) is 6.14. The largest absolute Gasteiger partial charge is 0.352 e. The van der Waals surface area contributed by atoms with Crippen molar-refractivity contribution in [2.45, 2.75) is 65.0 Å². The van der Waals surface area contributed by atoms with Crippen LogP contribution in [0.5, 0.6) is 0 Å². The van der Waals surface area contributed by atoms with Crippen LogP contribution in [-0.2, 0) is 26.0 Å². The second-order valence-corrected chi connectivity index (χ2v) is 11.3. The molecule has 2 aromatic carbocycles. The van der Waals surface area contributed by atoms with Crippen LogP contribution in [0.1, 0.15) is 52.0 Å². The second-order valence-electron chi connectivity index (χ2n) is 8.98. The van der Waals surface area contributed by atoms with Crippen molar-refractivity contribution in [3.63, 3.8) is 0 Å². The summed E-state index contributed by atoms with van der Waals surface area (Å²) in [7, 11) is -3.54. The molecule has 9 heteroatoms. The number of carbonyl (C=O) groups excluding carboxylic acids is 2. The molecular weight excluding hydrogens is 498 g/mol. The fourth-order valence-corrected chi connectivity index (χ4v) is 5.04. The molecule has 0 spiro atoms. The zero-order chi connectivity index (χ0) is 26.7. The summed E-state index contributed by atoms with van der Waals surface area (Å²) in [6.45, 7) is 6.39. The molecule has 0 radical (unpaired) electrons. The van der Waals surface area contributed by atoms with Gasteiger partial charge in [-0.1, -0.05) is 55.8 Å². The average molecular weight is 536 g/mol. The molecule has 2 amide bonds. The number of sulfonamides is 1. The van der Waals surface area contributed by atoms with Gasteiger partial charge in [-0.25, -0.2) is 8.42 Å². The van der Waals surface area contributed by atoms with Gasteiger partial charge in [-0.15, -0.1) is 0 Å². The highest BCUT2D eigenvalue weighted by atomic mass is 35.5. The first-order chi connectivity index (χ1) is 17.1. The van der Waals surface area contributed by atoms with Crippen LogP contribution in [-0.4, -0.2) is 56.6 Å². The van der Waals surface area contributed by atoms with Gasteiger partial charge < -0.3 is 10.2 Å². The van der Waals surface area contributed by atoms with Gasteiger partial charge in [-0.3, -0.25) is 13.9 Å². The molecule has 0 saturated heterocycles. The van der Waals surface area contributed by atoms with Gasteiger partial charge in [0.15, 0.2) is 0 Å². The Morgan fingerprint density at radius 1 is 0.972 bits per heavy atom. The van der Waals surface area contributed by atoms with Crippen LogP contribution in [0.25, 0.3) is 0 Å². The van der Waals surface area contributed by atoms with Crippen molar-refractivity contribution < 1.29 is 18.0 Å². The molecule has 0 heterocycles. The number of benzene rings is 2. The average Bonchev–Trinajstić information content (AvgIpc) is 2.84. The van der Waals surface area contributed by atoms with Crippen LogP contribution in [0.15, 0.2) is 54.6 Å². The maximum absolute atomic E-state index is 13.4. The normalized spacial score (nSPS) is 13.0. The smallest absolute Gasteiger partial charge is 0.243 e. The van der Waals surface area contributed by atoms with E-state index in [-0.39, 0.29) is 30.8 Å². The van der Waals surface area contributed by atoms with E-state index in [0.717, 1.165) is 18.2 Å². The van der Waals surface area contributed by atoms with E-state index in [9.17, 15) is 18.0 Å². The molecule has 2 aromatic rings. The summed E-state index contributed by atoms with van der Waals surface area (Å²) < 4.78 is 26.1. The number of rotatable bonds is 14. The second kappa shape index (κ2) is 14.2. The number of nitrogens with zero attached hydrogens (tertiary/aromatic N) is 2. The quantitative estimate of drug-likeness (QED) is 0.381. The van der Waals surface area contributed by atoms with Crippen molar-refractivity contribution in [2.75, 3.05) is 23.7 Å². The van der Waals surface area contributed by atoms with Gasteiger partial charge in [0.05, 0.1) is 11.9 Å². The highest BCUT2D eigenvalue weighted by Gasteiger charge is 2.29. The molecule has 0 unspecified atom stereocenters. The summed E-state index contributed by atoms with van der Waals surface area (Å²) in [5.74, 6) is -0.325. The number of carbonyl (C=O) groups is 2. The molecule has 36 heavy (non-hydrogen) atoms. The Morgan fingerprint density at radius 3 is 2.17 bits per heavy atom. The van der Waals surface area contributed by atoms with Crippen LogP contribution in [0.4, 0.5) is 5.69 Å². The molecule has 0 bridgehead atoms. The van der Waals surface area contributed by atoms with Gasteiger partial charge in [0, 0.05) is 30.6 Å². The van der Waals surface area contributed by atoms with E-state index in [1.807, 2.05) is 51.1 Å². The maximum Gasteiger partial charge on any atom is 0.243 e. The van der Waals surface area contributed by atoms with Crippen molar-refractivity contribution in [1.29, 1.82) is 0 Å². The molecule has 0 aliphatic rings. The number of hydrogen-bond acceptors (Lipinski definition) is 4. The van der Waals surface area contributed by atoms with Crippen molar-refractivity contribution in [1.82, 2.24) is 10.2 Å². The van der Waals surface area contributed by atoms with Crippen molar-refractivity contribution in [3.8, 4) is 0 Å². The molecule has 0 saturated carbocycles. The molecule has 7 nitrogen and oxygen atoms in total. The highest BCUT2D eigenvalue weighted by molar-refractivity contribution is 7.92. The summed E-state index contributed by atoms with van der Waals surface area (Å²) in [5.41, 5.74) is 1.58. The predicted octanol–water partition coefficient (Wildman–Crippen LogP) is 4.65. The van der Waals surface area contributed by atoms with E-state index in [2.05, 4.69) is 5.32 Å². The van der Waals surface area contributed by atoms with Gasteiger partial charge in [-0.05, 0) is 62.4 Å².